The third kappa shape index (κ3) is 4.71. The number of fused-ring (bicyclic) bond motifs is 1. The van der Waals surface area contributed by atoms with E-state index in [-0.39, 0.29) is 12.1 Å². The third-order valence-electron chi connectivity index (χ3n) is 6.03. The summed E-state index contributed by atoms with van der Waals surface area (Å²) in [4.78, 5) is 26.4. The van der Waals surface area contributed by atoms with E-state index in [9.17, 15) is 9.59 Å². The standard InChI is InChI=1S/C25H31N3O4/c1-25(2,3)32-24(30)27-14-6-8-18(15-27)17-10-12-20(13-11-17)28-16-19-7-5-9-21(22(19)26-28)23(29)31-4/h5,7,9-10,12-13,16-18H,6,8,11,14-15H2,1-4H3/t17?,18-/m1/s1. The van der Waals surface area contributed by atoms with Crippen molar-refractivity contribution in [2.75, 3.05) is 20.2 Å². The van der Waals surface area contributed by atoms with Crippen molar-refractivity contribution >= 4 is 28.7 Å². The lowest BCUT2D eigenvalue weighted by Crippen LogP contribution is -2.44. The van der Waals surface area contributed by atoms with Crippen molar-refractivity contribution in [2.45, 2.75) is 45.6 Å². The second-order valence-corrected chi connectivity index (χ2v) is 9.52. The largest absolute Gasteiger partial charge is 0.465 e. The number of ether oxygens (including phenoxy) is 2. The molecule has 0 radical (unpaired) electrons. The number of benzene rings is 1. The summed E-state index contributed by atoms with van der Waals surface area (Å²) in [5.41, 5.74) is 1.60. The zero-order valence-electron chi connectivity index (χ0n) is 19.2. The summed E-state index contributed by atoms with van der Waals surface area (Å²) < 4.78 is 12.3. The molecule has 1 saturated heterocycles. The normalized spacial score (nSPS) is 21.4. The van der Waals surface area contributed by atoms with Crippen LogP contribution in [0, 0.1) is 11.8 Å². The molecule has 0 N–H and O–H groups in total. The van der Waals surface area contributed by atoms with E-state index in [4.69, 9.17) is 9.47 Å². The van der Waals surface area contributed by atoms with Crippen LogP contribution in [0.5, 0.6) is 0 Å². The predicted octanol–water partition coefficient (Wildman–Crippen LogP) is 4.89. The Morgan fingerprint density at radius 1 is 1.22 bits per heavy atom. The predicted molar refractivity (Wildman–Crippen MR) is 123 cm³/mol. The van der Waals surface area contributed by atoms with Crippen LogP contribution in [-0.4, -0.2) is 52.5 Å². The van der Waals surface area contributed by atoms with Crippen LogP contribution in [0.15, 0.2) is 42.6 Å². The summed E-state index contributed by atoms with van der Waals surface area (Å²) in [5.74, 6) is 0.397. The highest BCUT2D eigenvalue weighted by atomic mass is 16.6. The highest BCUT2D eigenvalue weighted by Crippen LogP contribution is 2.32. The first-order chi connectivity index (χ1) is 15.2. The Morgan fingerprint density at radius 2 is 2.03 bits per heavy atom. The van der Waals surface area contributed by atoms with Crippen molar-refractivity contribution in [1.82, 2.24) is 14.7 Å². The van der Waals surface area contributed by atoms with Gasteiger partial charge in [0.2, 0.25) is 0 Å². The van der Waals surface area contributed by atoms with Crippen LogP contribution in [0.25, 0.3) is 16.6 Å². The average molecular weight is 438 g/mol. The minimum Gasteiger partial charge on any atom is -0.465 e. The number of methoxy groups -OCH3 is 1. The van der Waals surface area contributed by atoms with Crippen molar-refractivity contribution in [3.8, 4) is 0 Å². The van der Waals surface area contributed by atoms with Crippen LogP contribution in [0.4, 0.5) is 4.79 Å². The third-order valence-corrected chi connectivity index (χ3v) is 6.03. The molecule has 1 fully saturated rings. The second kappa shape index (κ2) is 8.81. The van der Waals surface area contributed by atoms with E-state index in [1.807, 2.05) is 48.7 Å². The van der Waals surface area contributed by atoms with Crippen LogP contribution >= 0.6 is 0 Å². The molecule has 32 heavy (non-hydrogen) atoms. The molecule has 0 bridgehead atoms. The van der Waals surface area contributed by atoms with Gasteiger partial charge in [-0.05, 0) is 64.0 Å². The van der Waals surface area contributed by atoms with Gasteiger partial charge in [-0.2, -0.15) is 5.10 Å². The van der Waals surface area contributed by atoms with Crippen molar-refractivity contribution < 1.29 is 19.1 Å². The fraction of sp³-hybridized carbons (Fsp3) is 0.480. The molecule has 2 atom stereocenters. The summed E-state index contributed by atoms with van der Waals surface area (Å²) in [5, 5.41) is 5.53. The number of amides is 1. The molecule has 1 aromatic carbocycles. The minimum absolute atomic E-state index is 0.220. The Hall–Kier alpha value is -3.09. The smallest absolute Gasteiger partial charge is 0.410 e. The highest BCUT2D eigenvalue weighted by Gasteiger charge is 2.31. The number of piperidine rings is 1. The molecular formula is C25H31N3O4. The molecular weight excluding hydrogens is 406 g/mol. The monoisotopic (exact) mass is 437 g/mol. The molecule has 1 aliphatic heterocycles. The number of allylic oxidation sites excluding steroid dienone is 4. The van der Waals surface area contributed by atoms with Crippen molar-refractivity contribution in [3.63, 3.8) is 0 Å². The Labute approximate surface area is 188 Å². The fourth-order valence-corrected chi connectivity index (χ4v) is 4.45. The summed E-state index contributed by atoms with van der Waals surface area (Å²) in [7, 11) is 1.37. The summed E-state index contributed by atoms with van der Waals surface area (Å²) >= 11 is 0. The SMILES string of the molecule is COC(=O)c1cccc2cn(C3=CCC([C@@H]4CCCN(C(=O)OC(C)(C)C)C4)C=C3)nc12. The molecule has 1 amide bonds. The average Bonchev–Trinajstić information content (AvgIpc) is 3.22. The number of esters is 1. The number of hydrogen-bond acceptors (Lipinski definition) is 5. The quantitative estimate of drug-likeness (QED) is 0.640. The molecule has 1 unspecified atom stereocenters. The lowest BCUT2D eigenvalue weighted by molar-refractivity contribution is 0.0143. The van der Waals surface area contributed by atoms with E-state index in [1.165, 1.54) is 7.11 Å². The lowest BCUT2D eigenvalue weighted by atomic mass is 9.81. The fourth-order valence-electron chi connectivity index (χ4n) is 4.45. The highest BCUT2D eigenvalue weighted by molar-refractivity contribution is 6.02. The van der Waals surface area contributed by atoms with Gasteiger partial charge >= 0.3 is 12.1 Å². The molecule has 7 nitrogen and oxygen atoms in total. The minimum atomic E-state index is -0.479. The molecule has 2 heterocycles. The van der Waals surface area contributed by atoms with Gasteiger partial charge < -0.3 is 14.4 Å². The lowest BCUT2D eigenvalue weighted by Gasteiger charge is -2.37. The number of aromatic nitrogens is 2. The molecule has 0 saturated carbocycles. The Balaban J connectivity index is 1.45. The van der Waals surface area contributed by atoms with Crippen molar-refractivity contribution in [1.29, 1.82) is 0 Å². The molecule has 4 rings (SSSR count). The summed E-state index contributed by atoms with van der Waals surface area (Å²) in [6, 6.07) is 5.50. The number of nitrogens with zero attached hydrogens (tertiary/aromatic N) is 3. The molecule has 2 aromatic rings. The van der Waals surface area contributed by atoms with Gasteiger partial charge in [0.15, 0.2) is 0 Å². The first-order valence-electron chi connectivity index (χ1n) is 11.2. The maximum Gasteiger partial charge on any atom is 0.410 e. The second-order valence-electron chi connectivity index (χ2n) is 9.52. The topological polar surface area (TPSA) is 73.7 Å². The molecule has 0 spiro atoms. The molecule has 2 aliphatic rings. The summed E-state index contributed by atoms with van der Waals surface area (Å²) in [6.45, 7) is 7.17. The van der Waals surface area contributed by atoms with Crippen LogP contribution in [0.1, 0.15) is 50.4 Å². The van der Waals surface area contributed by atoms with E-state index in [1.54, 1.807) is 6.07 Å². The Bertz CT molecular complexity index is 1080. The summed E-state index contributed by atoms with van der Waals surface area (Å²) in [6.07, 6.45) is 11.2. The maximum absolute atomic E-state index is 12.5. The molecule has 170 valence electrons. The van der Waals surface area contributed by atoms with Gasteiger partial charge in [-0.1, -0.05) is 24.3 Å². The molecule has 1 aromatic heterocycles. The van der Waals surface area contributed by atoms with Gasteiger partial charge in [-0.3, -0.25) is 0 Å². The van der Waals surface area contributed by atoms with Gasteiger partial charge in [0.1, 0.15) is 11.1 Å². The van der Waals surface area contributed by atoms with Gasteiger partial charge in [-0.15, -0.1) is 0 Å². The Morgan fingerprint density at radius 3 is 2.72 bits per heavy atom. The first-order valence-corrected chi connectivity index (χ1v) is 11.2. The van der Waals surface area contributed by atoms with Crippen LogP contribution in [0.2, 0.25) is 0 Å². The molecule has 1 aliphatic carbocycles. The van der Waals surface area contributed by atoms with E-state index in [0.717, 1.165) is 43.4 Å². The zero-order valence-corrected chi connectivity index (χ0v) is 19.2. The number of hydrogen-bond donors (Lipinski definition) is 0. The number of carbonyl (C=O) groups is 2. The van der Waals surface area contributed by atoms with Crippen LogP contribution in [-0.2, 0) is 9.47 Å². The van der Waals surface area contributed by atoms with E-state index >= 15 is 0 Å². The zero-order chi connectivity index (χ0) is 22.9. The van der Waals surface area contributed by atoms with Crippen LogP contribution in [0.3, 0.4) is 0 Å². The van der Waals surface area contributed by atoms with Crippen molar-refractivity contribution in [2.24, 2.45) is 11.8 Å². The van der Waals surface area contributed by atoms with Gasteiger partial charge in [0.05, 0.1) is 18.4 Å². The van der Waals surface area contributed by atoms with Gasteiger partial charge in [0, 0.05) is 24.7 Å². The van der Waals surface area contributed by atoms with E-state index in [2.05, 4.69) is 23.3 Å². The maximum atomic E-state index is 12.5. The Kier molecular flexibility index (Phi) is 6.09. The van der Waals surface area contributed by atoms with Crippen LogP contribution < -0.4 is 0 Å². The molecule has 7 heteroatoms. The van der Waals surface area contributed by atoms with Crippen molar-refractivity contribution in [3.05, 3.63) is 48.2 Å². The van der Waals surface area contributed by atoms with E-state index < -0.39 is 5.60 Å². The van der Waals surface area contributed by atoms with E-state index in [0.29, 0.717) is 22.9 Å². The first kappa shape index (κ1) is 22.1. The van der Waals surface area contributed by atoms with Gasteiger partial charge in [0.25, 0.3) is 0 Å². The number of rotatable bonds is 3. The van der Waals surface area contributed by atoms with Gasteiger partial charge in [-0.25, -0.2) is 14.3 Å². The number of carbonyl (C=O) groups excluding carboxylic acids is 2. The number of likely N-dealkylation sites (tertiary alicyclic amines) is 1.